The van der Waals surface area contributed by atoms with Gasteiger partial charge in [0.15, 0.2) is 5.96 Å². The van der Waals surface area contributed by atoms with Crippen molar-refractivity contribution in [2.45, 2.75) is 46.1 Å². The quantitative estimate of drug-likeness (QED) is 0.198. The fraction of sp³-hybridized carbons (Fsp3) is 0.625. The van der Waals surface area contributed by atoms with Crippen LogP contribution in [0.1, 0.15) is 42.9 Å². The molecule has 0 spiro atoms. The lowest BCUT2D eigenvalue weighted by atomic mass is 10.2. The average Bonchev–Trinajstić information content (AvgIpc) is 2.99. The van der Waals surface area contributed by atoms with Crippen LogP contribution in [0.15, 0.2) is 17.1 Å². The normalized spacial score (nSPS) is 10.8. The number of nitrogens with zero attached hydrogens (tertiary/aromatic N) is 1. The molecule has 1 rings (SSSR count). The second-order valence-corrected chi connectivity index (χ2v) is 6.13. The molecule has 0 aliphatic rings. The Bertz CT molecular complexity index is 478. The highest BCUT2D eigenvalue weighted by atomic mass is 127. The van der Waals surface area contributed by atoms with Crippen molar-refractivity contribution < 1.29 is 9.53 Å². The summed E-state index contributed by atoms with van der Waals surface area (Å²) in [4.78, 5) is 18.3. The van der Waals surface area contributed by atoms with Gasteiger partial charge in [-0.3, -0.25) is 4.79 Å². The van der Waals surface area contributed by atoms with Crippen molar-refractivity contribution in [3.8, 4) is 0 Å². The third-order valence-corrected chi connectivity index (χ3v) is 4.35. The van der Waals surface area contributed by atoms with Crippen LogP contribution in [0.3, 0.4) is 0 Å². The van der Waals surface area contributed by atoms with E-state index in [9.17, 15) is 4.79 Å². The van der Waals surface area contributed by atoms with Gasteiger partial charge in [-0.15, -0.1) is 35.3 Å². The van der Waals surface area contributed by atoms with Crippen LogP contribution in [-0.2, 0) is 22.5 Å². The predicted octanol–water partition coefficient (Wildman–Crippen LogP) is 3.33. The number of ether oxygens (including phenoxy) is 1. The number of thiophene rings is 1. The van der Waals surface area contributed by atoms with E-state index < -0.39 is 0 Å². The fourth-order valence-corrected chi connectivity index (χ4v) is 2.78. The molecule has 132 valence electrons. The molecule has 0 bridgehead atoms. The van der Waals surface area contributed by atoms with Crippen LogP contribution >= 0.6 is 35.3 Å². The van der Waals surface area contributed by atoms with E-state index in [1.165, 1.54) is 16.9 Å². The van der Waals surface area contributed by atoms with E-state index in [1.807, 2.05) is 11.3 Å². The summed E-state index contributed by atoms with van der Waals surface area (Å²) < 4.78 is 4.62. The third-order valence-electron chi connectivity index (χ3n) is 3.13. The van der Waals surface area contributed by atoms with Gasteiger partial charge in [0, 0.05) is 29.3 Å². The van der Waals surface area contributed by atoms with Crippen molar-refractivity contribution in [3.05, 3.63) is 21.9 Å². The van der Waals surface area contributed by atoms with Gasteiger partial charge in [0.05, 0.1) is 13.7 Å². The second kappa shape index (κ2) is 13.6. The largest absolute Gasteiger partial charge is 0.469 e. The highest BCUT2D eigenvalue weighted by molar-refractivity contribution is 14.0. The summed E-state index contributed by atoms with van der Waals surface area (Å²) >= 11 is 1.82. The maximum Gasteiger partial charge on any atom is 0.305 e. The molecule has 0 aliphatic heterocycles. The molecule has 0 radical (unpaired) electrons. The molecule has 1 aromatic heterocycles. The number of esters is 1. The van der Waals surface area contributed by atoms with E-state index in [2.05, 4.69) is 46.3 Å². The third kappa shape index (κ3) is 9.80. The first kappa shape index (κ1) is 22.2. The van der Waals surface area contributed by atoms with Crippen molar-refractivity contribution in [3.63, 3.8) is 0 Å². The number of carbonyl (C=O) groups is 1. The van der Waals surface area contributed by atoms with Crippen LogP contribution in [0.25, 0.3) is 0 Å². The molecular formula is C16H28IN3O2S. The maximum atomic E-state index is 11.0. The van der Waals surface area contributed by atoms with Gasteiger partial charge in [-0.1, -0.05) is 6.92 Å². The standard InChI is InChI=1S/C16H27N3O2S.HI/c1-4-13-9-10-14(22-13)12-19-16(17-5-2)18-11-7-6-8-15(20)21-3;/h9-10H,4-8,11-12H2,1-3H3,(H2,17,18,19);1H. The number of guanidine groups is 1. The molecule has 0 aliphatic carbocycles. The summed E-state index contributed by atoms with van der Waals surface area (Å²) in [7, 11) is 1.42. The Morgan fingerprint density at radius 2 is 1.96 bits per heavy atom. The van der Waals surface area contributed by atoms with Crippen molar-refractivity contribution in [1.29, 1.82) is 0 Å². The van der Waals surface area contributed by atoms with Crippen molar-refractivity contribution >= 4 is 47.2 Å². The van der Waals surface area contributed by atoms with E-state index in [4.69, 9.17) is 0 Å². The molecule has 7 heteroatoms. The number of aliphatic imine (C=N–C) groups is 1. The lowest BCUT2D eigenvalue weighted by Crippen LogP contribution is -2.37. The molecule has 0 unspecified atom stereocenters. The Morgan fingerprint density at radius 3 is 2.57 bits per heavy atom. The van der Waals surface area contributed by atoms with Gasteiger partial charge in [-0.05, 0) is 38.3 Å². The Hall–Kier alpha value is -0.830. The summed E-state index contributed by atoms with van der Waals surface area (Å²) in [6, 6.07) is 4.32. The van der Waals surface area contributed by atoms with Gasteiger partial charge in [0.25, 0.3) is 0 Å². The number of halogens is 1. The molecule has 1 heterocycles. The van der Waals surface area contributed by atoms with Crippen LogP contribution < -0.4 is 10.6 Å². The van der Waals surface area contributed by atoms with Gasteiger partial charge in [0.1, 0.15) is 0 Å². The Labute approximate surface area is 160 Å². The monoisotopic (exact) mass is 453 g/mol. The fourth-order valence-electron chi connectivity index (χ4n) is 1.90. The van der Waals surface area contributed by atoms with Gasteiger partial charge >= 0.3 is 5.97 Å². The van der Waals surface area contributed by atoms with Crippen LogP contribution in [0, 0.1) is 0 Å². The number of methoxy groups -OCH3 is 1. The molecule has 0 amide bonds. The van der Waals surface area contributed by atoms with Crippen molar-refractivity contribution in [2.75, 3.05) is 20.2 Å². The minimum Gasteiger partial charge on any atom is -0.469 e. The predicted molar refractivity (Wildman–Crippen MR) is 108 cm³/mol. The first-order valence-electron chi connectivity index (χ1n) is 7.86. The molecule has 5 nitrogen and oxygen atoms in total. The minimum atomic E-state index is -0.148. The van der Waals surface area contributed by atoms with Crippen LogP contribution in [0.4, 0.5) is 0 Å². The molecule has 0 saturated carbocycles. The molecule has 0 fully saturated rings. The number of rotatable bonds is 9. The van der Waals surface area contributed by atoms with E-state index in [0.29, 0.717) is 13.0 Å². The van der Waals surface area contributed by atoms with Crippen LogP contribution in [0.2, 0.25) is 0 Å². The van der Waals surface area contributed by atoms with Crippen molar-refractivity contribution in [1.82, 2.24) is 10.6 Å². The van der Waals surface area contributed by atoms with E-state index in [0.717, 1.165) is 38.3 Å². The summed E-state index contributed by atoms with van der Waals surface area (Å²) in [6.07, 6.45) is 3.29. The topological polar surface area (TPSA) is 62.7 Å². The molecular weight excluding hydrogens is 425 g/mol. The Morgan fingerprint density at radius 1 is 1.22 bits per heavy atom. The second-order valence-electron chi connectivity index (χ2n) is 4.88. The number of nitrogens with one attached hydrogen (secondary N) is 2. The molecule has 23 heavy (non-hydrogen) atoms. The van der Waals surface area contributed by atoms with Gasteiger partial charge in [0.2, 0.25) is 0 Å². The zero-order chi connectivity index (χ0) is 16.2. The Kier molecular flexibility index (Phi) is 13.1. The first-order chi connectivity index (χ1) is 10.7. The van der Waals surface area contributed by atoms with Crippen LogP contribution in [-0.4, -0.2) is 32.1 Å². The summed E-state index contributed by atoms with van der Waals surface area (Å²) in [6.45, 7) is 6.54. The molecule has 1 aromatic rings. The summed E-state index contributed by atoms with van der Waals surface area (Å²) in [5.41, 5.74) is 0. The zero-order valence-electron chi connectivity index (χ0n) is 14.2. The lowest BCUT2D eigenvalue weighted by Gasteiger charge is -2.10. The van der Waals surface area contributed by atoms with Gasteiger partial charge in [-0.2, -0.15) is 0 Å². The maximum absolute atomic E-state index is 11.0. The number of hydrogen-bond acceptors (Lipinski definition) is 4. The van der Waals surface area contributed by atoms with Crippen LogP contribution in [0.5, 0.6) is 0 Å². The number of hydrogen-bond donors (Lipinski definition) is 2. The highest BCUT2D eigenvalue weighted by Gasteiger charge is 2.02. The lowest BCUT2D eigenvalue weighted by molar-refractivity contribution is -0.140. The van der Waals surface area contributed by atoms with Gasteiger partial charge in [-0.25, -0.2) is 4.99 Å². The number of unbranched alkanes of at least 4 members (excludes halogenated alkanes) is 1. The van der Waals surface area contributed by atoms with E-state index >= 15 is 0 Å². The number of aryl methyl sites for hydroxylation is 1. The summed E-state index contributed by atoms with van der Waals surface area (Å²) in [5, 5.41) is 6.53. The minimum absolute atomic E-state index is 0. The zero-order valence-corrected chi connectivity index (χ0v) is 17.3. The average molecular weight is 453 g/mol. The Balaban J connectivity index is 0.00000484. The van der Waals surface area contributed by atoms with E-state index in [1.54, 1.807) is 0 Å². The molecule has 2 N–H and O–H groups in total. The molecule has 0 saturated heterocycles. The smallest absolute Gasteiger partial charge is 0.305 e. The SMILES string of the molecule is CCNC(=NCc1ccc(CC)s1)NCCCCC(=O)OC.I. The highest BCUT2D eigenvalue weighted by Crippen LogP contribution is 2.17. The van der Waals surface area contributed by atoms with Crippen molar-refractivity contribution in [2.24, 2.45) is 4.99 Å². The number of carbonyl (C=O) groups excluding carboxylic acids is 1. The van der Waals surface area contributed by atoms with E-state index in [-0.39, 0.29) is 29.9 Å². The summed E-state index contributed by atoms with van der Waals surface area (Å²) in [5.74, 6) is 0.678. The molecule has 0 aromatic carbocycles. The van der Waals surface area contributed by atoms with Gasteiger partial charge < -0.3 is 15.4 Å². The first-order valence-corrected chi connectivity index (χ1v) is 8.67. The molecule has 0 atom stereocenters.